The SMILES string of the molecule is O=C(c1cccc(Cn2c(=O)[nH]c(=O)c3ccccc32)c1)N1C=CC(S(=O)(=O)C2CCCCC2)=CN1. The average molecular weight is 507 g/mol. The molecule has 1 aromatic heterocycles. The third-order valence-corrected chi connectivity index (χ3v) is 8.95. The molecule has 0 radical (unpaired) electrons. The Morgan fingerprint density at radius 1 is 1.00 bits per heavy atom. The van der Waals surface area contributed by atoms with E-state index in [9.17, 15) is 22.8 Å². The van der Waals surface area contributed by atoms with Gasteiger partial charge in [-0.25, -0.2) is 18.2 Å². The molecule has 2 aromatic carbocycles. The van der Waals surface area contributed by atoms with Crippen molar-refractivity contribution in [1.29, 1.82) is 0 Å². The van der Waals surface area contributed by atoms with E-state index in [2.05, 4.69) is 10.4 Å². The van der Waals surface area contributed by atoms with Crippen LogP contribution in [0.2, 0.25) is 0 Å². The minimum absolute atomic E-state index is 0.157. The van der Waals surface area contributed by atoms with E-state index < -0.39 is 21.1 Å². The number of para-hydroxylation sites is 1. The van der Waals surface area contributed by atoms with Crippen LogP contribution in [-0.2, 0) is 16.4 Å². The second-order valence-electron chi connectivity index (χ2n) is 9.03. The third kappa shape index (κ3) is 4.51. The van der Waals surface area contributed by atoms with Gasteiger partial charge in [-0.2, -0.15) is 0 Å². The van der Waals surface area contributed by atoms with E-state index in [1.165, 1.54) is 28.1 Å². The molecule has 0 saturated heterocycles. The molecule has 5 rings (SSSR count). The molecule has 2 aliphatic rings. The molecule has 0 atom stereocenters. The minimum atomic E-state index is -3.45. The summed E-state index contributed by atoms with van der Waals surface area (Å²) >= 11 is 0. The number of aromatic nitrogens is 2. The zero-order valence-corrected chi connectivity index (χ0v) is 20.3. The molecule has 0 bridgehead atoms. The monoisotopic (exact) mass is 506 g/mol. The van der Waals surface area contributed by atoms with Gasteiger partial charge in [0.1, 0.15) is 0 Å². The maximum atomic E-state index is 13.1. The normalized spacial score (nSPS) is 16.6. The van der Waals surface area contributed by atoms with E-state index in [-0.39, 0.29) is 22.6 Å². The molecule has 186 valence electrons. The van der Waals surface area contributed by atoms with Gasteiger partial charge < -0.3 is 0 Å². The number of nitrogens with one attached hydrogen (secondary N) is 2. The van der Waals surface area contributed by atoms with Crippen LogP contribution < -0.4 is 16.7 Å². The summed E-state index contributed by atoms with van der Waals surface area (Å²) in [6.07, 6.45) is 8.45. The Balaban J connectivity index is 1.35. The second-order valence-corrected chi connectivity index (χ2v) is 11.3. The van der Waals surface area contributed by atoms with Crippen LogP contribution >= 0.6 is 0 Å². The maximum absolute atomic E-state index is 13.1. The molecule has 1 amide bonds. The fourth-order valence-electron chi connectivity index (χ4n) is 4.77. The molecule has 2 N–H and O–H groups in total. The molecule has 0 unspecified atom stereocenters. The second kappa shape index (κ2) is 9.62. The van der Waals surface area contributed by atoms with Gasteiger partial charge in [0.15, 0.2) is 9.84 Å². The number of hydrogen-bond donors (Lipinski definition) is 2. The number of amides is 1. The molecule has 1 saturated carbocycles. The Bertz CT molecular complexity index is 1610. The molecule has 36 heavy (non-hydrogen) atoms. The number of allylic oxidation sites excluding steroid dienone is 1. The van der Waals surface area contributed by atoms with Crippen molar-refractivity contribution in [2.75, 3.05) is 0 Å². The Kier molecular flexibility index (Phi) is 6.36. The summed E-state index contributed by atoms with van der Waals surface area (Å²) in [5, 5.41) is 1.24. The summed E-state index contributed by atoms with van der Waals surface area (Å²) in [7, 11) is -3.45. The number of nitrogens with zero attached hydrogens (tertiary/aromatic N) is 2. The van der Waals surface area contributed by atoms with Crippen molar-refractivity contribution in [1.82, 2.24) is 20.0 Å². The predicted molar refractivity (Wildman–Crippen MR) is 137 cm³/mol. The van der Waals surface area contributed by atoms with E-state index in [4.69, 9.17) is 0 Å². The largest absolute Gasteiger partial charge is 0.329 e. The van der Waals surface area contributed by atoms with Crippen molar-refractivity contribution >= 4 is 26.6 Å². The highest BCUT2D eigenvalue weighted by Gasteiger charge is 2.31. The highest BCUT2D eigenvalue weighted by Crippen LogP contribution is 2.29. The number of hydrazine groups is 1. The van der Waals surface area contributed by atoms with Crippen LogP contribution in [0.15, 0.2) is 81.5 Å². The molecule has 1 fully saturated rings. The lowest BCUT2D eigenvalue weighted by Crippen LogP contribution is -2.38. The van der Waals surface area contributed by atoms with Crippen LogP contribution in [0.3, 0.4) is 0 Å². The van der Waals surface area contributed by atoms with Crippen molar-refractivity contribution < 1.29 is 13.2 Å². The standard InChI is InChI=1S/C26H26N4O5S/c31-24-22-11-4-5-12-23(22)29(26(33)28-24)17-18-7-6-8-19(15-18)25(32)30-14-13-21(16-27-30)36(34,35)20-9-2-1-3-10-20/h4-8,11-16,20,27H,1-3,9-10,17H2,(H,28,31,33). The summed E-state index contributed by atoms with van der Waals surface area (Å²) in [5.41, 5.74) is 3.35. The fourth-order valence-corrected chi connectivity index (χ4v) is 6.57. The highest BCUT2D eigenvalue weighted by molar-refractivity contribution is 7.96. The molecule has 9 nitrogen and oxygen atoms in total. The number of hydrogen-bond acceptors (Lipinski definition) is 6. The van der Waals surface area contributed by atoms with Crippen LogP contribution in [0.1, 0.15) is 48.0 Å². The van der Waals surface area contributed by atoms with Gasteiger partial charge in [0.05, 0.1) is 27.6 Å². The lowest BCUT2D eigenvalue weighted by molar-refractivity contribution is 0.0779. The first kappa shape index (κ1) is 23.8. The summed E-state index contributed by atoms with van der Waals surface area (Å²) in [6.45, 7) is 0.157. The van der Waals surface area contributed by atoms with Gasteiger partial charge in [-0.3, -0.25) is 24.6 Å². The van der Waals surface area contributed by atoms with Crippen molar-refractivity contribution in [3.8, 4) is 0 Å². The van der Waals surface area contributed by atoms with Crippen LogP contribution in [0.5, 0.6) is 0 Å². The van der Waals surface area contributed by atoms with Crippen LogP contribution in [0.25, 0.3) is 10.9 Å². The molecule has 10 heteroatoms. The Hall–Kier alpha value is -3.92. The van der Waals surface area contributed by atoms with Gasteiger partial charge in [-0.05, 0) is 48.7 Å². The molecule has 1 aliphatic heterocycles. The lowest BCUT2D eigenvalue weighted by Gasteiger charge is -2.26. The number of carbonyl (C=O) groups excluding carboxylic acids is 1. The molecule has 0 spiro atoms. The molecule has 2 heterocycles. The number of benzene rings is 2. The van der Waals surface area contributed by atoms with E-state index in [0.29, 0.717) is 34.9 Å². The van der Waals surface area contributed by atoms with E-state index in [0.717, 1.165) is 19.3 Å². The van der Waals surface area contributed by atoms with Crippen LogP contribution in [0.4, 0.5) is 0 Å². The number of sulfone groups is 1. The Morgan fingerprint density at radius 3 is 2.53 bits per heavy atom. The fraction of sp³-hybridized carbons (Fsp3) is 0.269. The summed E-state index contributed by atoms with van der Waals surface area (Å²) in [5.74, 6) is -0.378. The number of aromatic amines is 1. The number of fused-ring (bicyclic) bond motifs is 1. The average Bonchev–Trinajstić information content (AvgIpc) is 2.91. The van der Waals surface area contributed by atoms with Crippen molar-refractivity contribution in [3.05, 3.63) is 104 Å². The topological polar surface area (TPSA) is 121 Å². The molecule has 3 aromatic rings. The number of rotatable bonds is 5. The summed E-state index contributed by atoms with van der Waals surface area (Å²) in [6, 6.07) is 13.6. The lowest BCUT2D eigenvalue weighted by atomic mass is 10.0. The Morgan fingerprint density at radius 2 is 1.78 bits per heavy atom. The number of carbonyl (C=O) groups is 1. The van der Waals surface area contributed by atoms with E-state index in [1.807, 2.05) is 0 Å². The molecular weight excluding hydrogens is 480 g/mol. The van der Waals surface area contributed by atoms with Gasteiger partial charge in [-0.1, -0.05) is 43.5 Å². The van der Waals surface area contributed by atoms with E-state index in [1.54, 1.807) is 48.5 Å². The van der Waals surface area contributed by atoms with Crippen LogP contribution in [-0.4, -0.2) is 34.1 Å². The predicted octanol–water partition coefficient (Wildman–Crippen LogP) is 2.80. The van der Waals surface area contributed by atoms with Crippen LogP contribution in [0, 0.1) is 0 Å². The molecular formula is C26H26N4O5S. The third-order valence-electron chi connectivity index (χ3n) is 6.69. The minimum Gasteiger partial charge on any atom is -0.298 e. The van der Waals surface area contributed by atoms with E-state index >= 15 is 0 Å². The quantitative estimate of drug-likeness (QED) is 0.549. The first-order chi connectivity index (χ1) is 17.3. The Labute approximate surface area is 207 Å². The van der Waals surface area contributed by atoms with Crippen molar-refractivity contribution in [3.63, 3.8) is 0 Å². The van der Waals surface area contributed by atoms with Gasteiger partial charge >= 0.3 is 5.69 Å². The highest BCUT2D eigenvalue weighted by atomic mass is 32.2. The smallest absolute Gasteiger partial charge is 0.298 e. The summed E-state index contributed by atoms with van der Waals surface area (Å²) in [4.78, 5) is 40.2. The van der Waals surface area contributed by atoms with Crippen molar-refractivity contribution in [2.24, 2.45) is 0 Å². The van der Waals surface area contributed by atoms with Crippen molar-refractivity contribution in [2.45, 2.75) is 43.9 Å². The maximum Gasteiger partial charge on any atom is 0.329 e. The zero-order chi connectivity index (χ0) is 25.3. The van der Waals surface area contributed by atoms with Gasteiger partial charge in [-0.15, -0.1) is 0 Å². The zero-order valence-electron chi connectivity index (χ0n) is 19.5. The first-order valence-electron chi connectivity index (χ1n) is 11.9. The van der Waals surface area contributed by atoms with Gasteiger partial charge in [0, 0.05) is 18.0 Å². The van der Waals surface area contributed by atoms with Gasteiger partial charge in [0.2, 0.25) is 0 Å². The molecule has 1 aliphatic carbocycles. The first-order valence-corrected chi connectivity index (χ1v) is 13.4. The summed E-state index contributed by atoms with van der Waals surface area (Å²) < 4.78 is 27.3. The van der Waals surface area contributed by atoms with Gasteiger partial charge in [0.25, 0.3) is 11.5 Å². The number of H-pyrrole nitrogens is 1.